The molecule has 1 aliphatic rings. The highest BCUT2D eigenvalue weighted by Crippen LogP contribution is 2.26. The lowest BCUT2D eigenvalue weighted by molar-refractivity contribution is 0.272. The Bertz CT molecular complexity index is 750. The number of aryl methyl sites for hydroxylation is 1. The third-order valence-electron chi connectivity index (χ3n) is 4.79. The van der Waals surface area contributed by atoms with Crippen LogP contribution in [0.2, 0.25) is 0 Å². The molecule has 0 N–H and O–H groups in total. The van der Waals surface area contributed by atoms with E-state index in [2.05, 4.69) is 18.0 Å². The topological polar surface area (TPSA) is 50.3 Å². The minimum absolute atomic E-state index is 0.408. The van der Waals surface area contributed by atoms with Gasteiger partial charge in [-0.05, 0) is 60.9 Å². The minimum atomic E-state index is -3.36. The van der Waals surface area contributed by atoms with Gasteiger partial charge in [-0.15, -0.1) is 0 Å². The van der Waals surface area contributed by atoms with Crippen LogP contribution in [0.3, 0.4) is 0 Å². The van der Waals surface area contributed by atoms with Gasteiger partial charge < -0.3 is 0 Å². The molecule has 4 nitrogen and oxygen atoms in total. The quantitative estimate of drug-likeness (QED) is 0.836. The molecule has 128 valence electrons. The molecule has 2 aromatic rings. The second-order valence-corrected chi connectivity index (χ2v) is 8.35. The van der Waals surface area contributed by atoms with Crippen LogP contribution in [0.5, 0.6) is 0 Å². The maximum Gasteiger partial charge on any atom is 0.243 e. The van der Waals surface area contributed by atoms with E-state index in [0.717, 1.165) is 31.2 Å². The standard InChI is InChI=1S/C19H24N2O2S/c1-2-16-5-7-19(8-6-16)24(22,23)21-12-9-17(10-13-21)14-18-4-3-11-20-15-18/h3-8,11,15,17H,2,9-10,12-14H2,1H3. The van der Waals surface area contributed by atoms with Gasteiger partial charge in [-0.3, -0.25) is 4.98 Å². The zero-order valence-corrected chi connectivity index (χ0v) is 14.9. The molecule has 0 aliphatic carbocycles. The van der Waals surface area contributed by atoms with Crippen LogP contribution in [-0.2, 0) is 22.9 Å². The summed E-state index contributed by atoms with van der Waals surface area (Å²) in [5.74, 6) is 0.531. The first-order valence-corrected chi connectivity index (χ1v) is 10.0. The molecule has 0 bridgehead atoms. The van der Waals surface area contributed by atoms with E-state index >= 15 is 0 Å². The van der Waals surface area contributed by atoms with E-state index in [1.54, 1.807) is 22.6 Å². The minimum Gasteiger partial charge on any atom is -0.264 e. The third kappa shape index (κ3) is 3.84. The normalized spacial score (nSPS) is 17.0. The number of benzene rings is 1. The van der Waals surface area contributed by atoms with Crippen molar-refractivity contribution in [1.29, 1.82) is 0 Å². The molecule has 0 atom stereocenters. The van der Waals surface area contributed by atoms with Crippen molar-refractivity contribution in [3.63, 3.8) is 0 Å². The molecule has 1 saturated heterocycles. The van der Waals surface area contributed by atoms with E-state index in [9.17, 15) is 8.42 Å². The van der Waals surface area contributed by atoms with Crippen LogP contribution in [0.25, 0.3) is 0 Å². The molecule has 1 aromatic carbocycles. The Balaban J connectivity index is 1.62. The predicted molar refractivity (Wildman–Crippen MR) is 95.2 cm³/mol. The van der Waals surface area contributed by atoms with E-state index in [-0.39, 0.29) is 0 Å². The molecular weight excluding hydrogens is 320 g/mol. The van der Waals surface area contributed by atoms with Gasteiger partial charge in [-0.1, -0.05) is 25.1 Å². The second kappa shape index (κ2) is 7.45. The molecule has 0 unspecified atom stereocenters. The zero-order valence-electron chi connectivity index (χ0n) is 14.1. The van der Waals surface area contributed by atoms with Crippen molar-refractivity contribution in [1.82, 2.24) is 9.29 Å². The highest BCUT2D eigenvalue weighted by molar-refractivity contribution is 7.89. The number of pyridine rings is 1. The fourth-order valence-corrected chi connectivity index (χ4v) is 4.72. The fourth-order valence-electron chi connectivity index (χ4n) is 3.25. The highest BCUT2D eigenvalue weighted by atomic mass is 32.2. The number of hydrogen-bond donors (Lipinski definition) is 0. The molecule has 0 spiro atoms. The van der Waals surface area contributed by atoms with Crippen molar-refractivity contribution in [2.45, 2.75) is 37.5 Å². The van der Waals surface area contributed by atoms with Crippen LogP contribution in [0.15, 0.2) is 53.7 Å². The number of hydrogen-bond acceptors (Lipinski definition) is 3. The van der Waals surface area contributed by atoms with Crippen LogP contribution in [-0.4, -0.2) is 30.8 Å². The Hall–Kier alpha value is -1.72. The van der Waals surface area contributed by atoms with Gasteiger partial charge in [0, 0.05) is 25.5 Å². The van der Waals surface area contributed by atoms with Crippen molar-refractivity contribution in [2.75, 3.05) is 13.1 Å². The number of nitrogens with zero attached hydrogens (tertiary/aromatic N) is 2. The van der Waals surface area contributed by atoms with Crippen molar-refractivity contribution in [3.05, 3.63) is 59.9 Å². The summed E-state index contributed by atoms with van der Waals surface area (Å²) in [7, 11) is -3.36. The molecule has 5 heteroatoms. The van der Waals surface area contributed by atoms with E-state index in [1.807, 2.05) is 24.4 Å². The average Bonchev–Trinajstić information content (AvgIpc) is 2.63. The Labute approximate surface area is 144 Å². The highest BCUT2D eigenvalue weighted by Gasteiger charge is 2.29. The summed E-state index contributed by atoms with van der Waals surface area (Å²) in [6.07, 6.45) is 7.39. The molecule has 1 fully saturated rings. The number of sulfonamides is 1. The molecule has 3 rings (SSSR count). The van der Waals surface area contributed by atoms with Gasteiger partial charge in [0.25, 0.3) is 0 Å². The van der Waals surface area contributed by atoms with Gasteiger partial charge in [0.1, 0.15) is 0 Å². The third-order valence-corrected chi connectivity index (χ3v) is 6.70. The summed E-state index contributed by atoms with van der Waals surface area (Å²) >= 11 is 0. The summed E-state index contributed by atoms with van der Waals surface area (Å²) < 4.78 is 27.2. The van der Waals surface area contributed by atoms with Crippen LogP contribution in [0, 0.1) is 5.92 Å². The van der Waals surface area contributed by atoms with Crippen molar-refractivity contribution in [2.24, 2.45) is 5.92 Å². The van der Waals surface area contributed by atoms with E-state index in [0.29, 0.717) is 23.9 Å². The van der Waals surface area contributed by atoms with Crippen LogP contribution in [0.4, 0.5) is 0 Å². The fraction of sp³-hybridized carbons (Fsp3) is 0.421. The van der Waals surface area contributed by atoms with E-state index in [4.69, 9.17) is 0 Å². The number of aromatic nitrogens is 1. The van der Waals surface area contributed by atoms with Gasteiger partial charge >= 0.3 is 0 Å². The molecule has 0 radical (unpaired) electrons. The molecule has 0 saturated carbocycles. The Morgan fingerprint density at radius 3 is 2.38 bits per heavy atom. The van der Waals surface area contributed by atoms with Crippen LogP contribution < -0.4 is 0 Å². The summed E-state index contributed by atoms with van der Waals surface area (Å²) in [6.45, 7) is 3.27. The first-order chi connectivity index (χ1) is 11.6. The van der Waals surface area contributed by atoms with Gasteiger partial charge in [0.15, 0.2) is 0 Å². The van der Waals surface area contributed by atoms with Gasteiger partial charge in [-0.2, -0.15) is 4.31 Å². The molecule has 24 heavy (non-hydrogen) atoms. The lowest BCUT2D eigenvalue weighted by Crippen LogP contribution is -2.38. The van der Waals surface area contributed by atoms with Gasteiger partial charge in [0.05, 0.1) is 4.90 Å². The first kappa shape index (κ1) is 17.1. The first-order valence-electron chi connectivity index (χ1n) is 8.57. The Kier molecular flexibility index (Phi) is 5.31. The lowest BCUT2D eigenvalue weighted by Gasteiger charge is -2.31. The predicted octanol–water partition coefficient (Wildman–Crippen LogP) is 3.29. The number of rotatable bonds is 5. The molecular formula is C19H24N2O2S. The van der Waals surface area contributed by atoms with E-state index in [1.165, 1.54) is 5.56 Å². The molecule has 1 aromatic heterocycles. The zero-order chi connectivity index (χ0) is 17.0. The Morgan fingerprint density at radius 2 is 1.79 bits per heavy atom. The SMILES string of the molecule is CCc1ccc(S(=O)(=O)N2CCC(Cc3cccnc3)CC2)cc1. The second-order valence-electron chi connectivity index (χ2n) is 6.41. The monoisotopic (exact) mass is 344 g/mol. The summed E-state index contributed by atoms with van der Waals surface area (Å²) in [5, 5.41) is 0. The van der Waals surface area contributed by atoms with Crippen LogP contribution >= 0.6 is 0 Å². The van der Waals surface area contributed by atoms with Crippen molar-refractivity contribution in [3.8, 4) is 0 Å². The largest absolute Gasteiger partial charge is 0.264 e. The molecule has 1 aliphatic heterocycles. The van der Waals surface area contributed by atoms with Crippen molar-refractivity contribution >= 4 is 10.0 Å². The molecule has 0 amide bonds. The van der Waals surface area contributed by atoms with E-state index < -0.39 is 10.0 Å². The maximum atomic E-state index is 12.8. The Morgan fingerprint density at radius 1 is 1.08 bits per heavy atom. The van der Waals surface area contributed by atoms with Crippen LogP contribution in [0.1, 0.15) is 30.9 Å². The summed E-state index contributed by atoms with van der Waals surface area (Å²) in [6, 6.07) is 11.3. The average molecular weight is 344 g/mol. The van der Waals surface area contributed by atoms with Crippen molar-refractivity contribution < 1.29 is 8.42 Å². The molecule has 2 heterocycles. The number of piperidine rings is 1. The lowest BCUT2D eigenvalue weighted by atomic mass is 9.92. The summed E-state index contributed by atoms with van der Waals surface area (Å²) in [5.41, 5.74) is 2.39. The van der Waals surface area contributed by atoms with Gasteiger partial charge in [0.2, 0.25) is 10.0 Å². The maximum absolute atomic E-state index is 12.8. The smallest absolute Gasteiger partial charge is 0.243 e. The van der Waals surface area contributed by atoms with Gasteiger partial charge in [-0.25, -0.2) is 8.42 Å². The summed E-state index contributed by atoms with van der Waals surface area (Å²) in [4.78, 5) is 4.56.